The Morgan fingerprint density at radius 1 is 1.14 bits per heavy atom. The maximum atomic E-state index is 12.3. The van der Waals surface area contributed by atoms with E-state index in [4.69, 9.17) is 9.15 Å². The van der Waals surface area contributed by atoms with Crippen LogP contribution in [0, 0.1) is 0 Å². The second kappa shape index (κ2) is 4.87. The number of rotatable bonds is 1. The molecule has 0 bridgehead atoms. The van der Waals surface area contributed by atoms with Gasteiger partial charge in [0, 0.05) is 28.5 Å². The van der Waals surface area contributed by atoms with Crippen molar-refractivity contribution in [1.82, 2.24) is 0 Å². The number of carbonyl (C=O) groups excluding carboxylic acids is 1. The van der Waals surface area contributed by atoms with Crippen LogP contribution < -0.4 is 4.74 Å². The molecule has 1 aromatic carbocycles. The number of ether oxygens (including phenoxy) is 1. The van der Waals surface area contributed by atoms with Gasteiger partial charge in [0.2, 0.25) is 0 Å². The highest BCUT2D eigenvalue weighted by atomic mass is 16.5. The molecule has 0 atom stereocenters. The van der Waals surface area contributed by atoms with Crippen LogP contribution in [0.25, 0.3) is 22.1 Å². The zero-order valence-corrected chi connectivity index (χ0v) is 12.7. The highest BCUT2D eigenvalue weighted by molar-refractivity contribution is 6.07. The highest BCUT2D eigenvalue weighted by Gasteiger charge is 2.30. The summed E-state index contributed by atoms with van der Waals surface area (Å²) >= 11 is 0. The SMILES string of the molecule is C=C1CCC2=C(CCCC2=O)c2oc3ccc(OC)cc3c21. The van der Waals surface area contributed by atoms with Gasteiger partial charge in [-0.3, -0.25) is 4.79 Å². The van der Waals surface area contributed by atoms with E-state index in [9.17, 15) is 4.79 Å². The molecule has 2 aromatic rings. The summed E-state index contributed by atoms with van der Waals surface area (Å²) in [6, 6.07) is 5.83. The Kier molecular flexibility index (Phi) is 2.96. The lowest BCUT2D eigenvalue weighted by atomic mass is 9.88. The van der Waals surface area contributed by atoms with E-state index in [1.807, 2.05) is 18.2 Å². The van der Waals surface area contributed by atoms with Crippen molar-refractivity contribution in [2.24, 2.45) is 0 Å². The van der Waals surface area contributed by atoms with Crippen molar-refractivity contribution in [2.45, 2.75) is 32.1 Å². The highest BCUT2D eigenvalue weighted by Crippen LogP contribution is 2.45. The third kappa shape index (κ3) is 1.85. The first-order valence-electron chi connectivity index (χ1n) is 7.73. The van der Waals surface area contributed by atoms with E-state index >= 15 is 0 Å². The summed E-state index contributed by atoms with van der Waals surface area (Å²) in [6.45, 7) is 4.24. The number of benzene rings is 1. The van der Waals surface area contributed by atoms with Crippen LogP contribution in [0.4, 0.5) is 0 Å². The Morgan fingerprint density at radius 2 is 2.00 bits per heavy atom. The Bertz CT molecular complexity index is 836. The minimum absolute atomic E-state index is 0.278. The molecule has 0 spiro atoms. The normalized spacial score (nSPS) is 18.2. The average molecular weight is 294 g/mol. The number of carbonyl (C=O) groups is 1. The van der Waals surface area contributed by atoms with Crippen LogP contribution in [-0.2, 0) is 4.79 Å². The van der Waals surface area contributed by atoms with Gasteiger partial charge in [0.1, 0.15) is 17.1 Å². The van der Waals surface area contributed by atoms with E-state index < -0.39 is 0 Å². The number of Topliss-reactive ketones (excluding diaryl/α,β-unsaturated/α-hetero) is 1. The monoisotopic (exact) mass is 294 g/mol. The van der Waals surface area contributed by atoms with Crippen LogP contribution in [-0.4, -0.2) is 12.9 Å². The van der Waals surface area contributed by atoms with Crippen molar-refractivity contribution in [1.29, 1.82) is 0 Å². The Labute approximate surface area is 129 Å². The van der Waals surface area contributed by atoms with Crippen LogP contribution in [0.3, 0.4) is 0 Å². The third-order valence-corrected chi connectivity index (χ3v) is 4.73. The second-order valence-electron chi connectivity index (χ2n) is 6.01. The first kappa shape index (κ1) is 13.4. The van der Waals surface area contributed by atoms with E-state index in [2.05, 4.69) is 6.58 Å². The molecule has 22 heavy (non-hydrogen) atoms. The lowest BCUT2D eigenvalue weighted by Crippen LogP contribution is -2.10. The van der Waals surface area contributed by atoms with Crippen LogP contribution in [0.2, 0.25) is 0 Å². The number of hydrogen-bond donors (Lipinski definition) is 0. The summed E-state index contributed by atoms with van der Waals surface area (Å²) in [6.07, 6.45) is 4.07. The van der Waals surface area contributed by atoms with Crippen molar-refractivity contribution in [2.75, 3.05) is 7.11 Å². The Balaban J connectivity index is 2.03. The summed E-state index contributed by atoms with van der Waals surface area (Å²) in [5.74, 6) is 1.94. The first-order valence-corrected chi connectivity index (χ1v) is 7.73. The largest absolute Gasteiger partial charge is 0.497 e. The molecule has 0 aliphatic heterocycles. The fourth-order valence-electron chi connectivity index (χ4n) is 3.60. The summed E-state index contributed by atoms with van der Waals surface area (Å²) in [7, 11) is 1.66. The number of allylic oxidation sites excluding steroid dienone is 3. The third-order valence-electron chi connectivity index (χ3n) is 4.73. The summed E-state index contributed by atoms with van der Waals surface area (Å²) in [5.41, 5.74) is 4.99. The first-order chi connectivity index (χ1) is 10.7. The van der Waals surface area contributed by atoms with Crippen molar-refractivity contribution in [3.63, 3.8) is 0 Å². The van der Waals surface area contributed by atoms with E-state index in [1.54, 1.807) is 7.11 Å². The molecular weight excluding hydrogens is 276 g/mol. The van der Waals surface area contributed by atoms with Crippen LogP contribution in [0.5, 0.6) is 5.75 Å². The van der Waals surface area contributed by atoms with Gasteiger partial charge < -0.3 is 9.15 Å². The molecule has 112 valence electrons. The molecule has 1 aromatic heterocycles. The molecule has 0 amide bonds. The van der Waals surface area contributed by atoms with Gasteiger partial charge in [-0.2, -0.15) is 0 Å². The molecule has 0 fully saturated rings. The fraction of sp³-hybridized carbons (Fsp3) is 0.316. The van der Waals surface area contributed by atoms with Gasteiger partial charge in [0.05, 0.1) is 7.11 Å². The summed E-state index contributed by atoms with van der Waals surface area (Å²) < 4.78 is 11.5. The van der Waals surface area contributed by atoms with Crippen molar-refractivity contribution in [3.05, 3.63) is 41.7 Å². The predicted octanol–water partition coefficient (Wildman–Crippen LogP) is 4.76. The summed E-state index contributed by atoms with van der Waals surface area (Å²) in [4.78, 5) is 12.3. The molecule has 0 saturated carbocycles. The maximum absolute atomic E-state index is 12.3. The molecule has 1 heterocycles. The smallest absolute Gasteiger partial charge is 0.159 e. The van der Waals surface area contributed by atoms with Gasteiger partial charge in [-0.1, -0.05) is 6.58 Å². The van der Waals surface area contributed by atoms with Gasteiger partial charge in [0.25, 0.3) is 0 Å². The van der Waals surface area contributed by atoms with Gasteiger partial charge in [-0.15, -0.1) is 0 Å². The zero-order chi connectivity index (χ0) is 15.3. The Morgan fingerprint density at radius 3 is 2.82 bits per heavy atom. The molecule has 4 rings (SSSR count). The van der Waals surface area contributed by atoms with Crippen molar-refractivity contribution >= 4 is 27.9 Å². The van der Waals surface area contributed by atoms with Crippen LogP contribution in [0.15, 0.2) is 34.8 Å². The average Bonchev–Trinajstić information content (AvgIpc) is 2.84. The standard InChI is InChI=1S/C19H18O3/c1-11-6-8-13-14(4-3-5-16(13)20)19-18(11)15-10-12(21-2)7-9-17(15)22-19/h7,9-10H,1,3-6,8H2,2H3. The number of fused-ring (bicyclic) bond motifs is 4. The van der Waals surface area contributed by atoms with E-state index in [1.165, 1.54) is 0 Å². The topological polar surface area (TPSA) is 39.4 Å². The van der Waals surface area contributed by atoms with E-state index in [0.29, 0.717) is 6.42 Å². The lowest BCUT2D eigenvalue weighted by molar-refractivity contribution is -0.116. The van der Waals surface area contributed by atoms with Gasteiger partial charge >= 0.3 is 0 Å². The van der Waals surface area contributed by atoms with E-state index in [-0.39, 0.29) is 5.78 Å². The van der Waals surface area contributed by atoms with Gasteiger partial charge in [0.15, 0.2) is 5.78 Å². The van der Waals surface area contributed by atoms with Gasteiger partial charge in [-0.25, -0.2) is 0 Å². The van der Waals surface area contributed by atoms with Crippen molar-refractivity contribution in [3.8, 4) is 5.75 Å². The van der Waals surface area contributed by atoms with Gasteiger partial charge in [-0.05, 0) is 49.5 Å². The predicted molar refractivity (Wildman–Crippen MR) is 86.8 cm³/mol. The molecule has 3 nitrogen and oxygen atoms in total. The van der Waals surface area contributed by atoms with Crippen LogP contribution >= 0.6 is 0 Å². The molecular formula is C19H18O3. The minimum atomic E-state index is 0.278. The molecule has 0 unspecified atom stereocenters. The zero-order valence-electron chi connectivity index (χ0n) is 12.7. The minimum Gasteiger partial charge on any atom is -0.497 e. The number of methoxy groups -OCH3 is 1. The van der Waals surface area contributed by atoms with Crippen molar-refractivity contribution < 1.29 is 13.9 Å². The van der Waals surface area contributed by atoms with Crippen LogP contribution in [0.1, 0.15) is 43.4 Å². The summed E-state index contributed by atoms with van der Waals surface area (Å²) in [5, 5.41) is 1.03. The maximum Gasteiger partial charge on any atom is 0.159 e. The van der Waals surface area contributed by atoms with E-state index in [0.717, 1.165) is 70.4 Å². The number of ketones is 1. The molecule has 2 aliphatic rings. The number of hydrogen-bond acceptors (Lipinski definition) is 3. The second-order valence-corrected chi connectivity index (χ2v) is 6.01. The molecule has 0 radical (unpaired) electrons. The quantitative estimate of drug-likeness (QED) is 0.761. The number of furan rings is 1. The molecule has 0 saturated heterocycles. The fourth-order valence-corrected chi connectivity index (χ4v) is 3.60. The molecule has 2 aliphatic carbocycles. The molecule has 0 N–H and O–H groups in total. The Hall–Kier alpha value is -2.29. The molecule has 3 heteroatoms. The lowest BCUT2D eigenvalue weighted by Gasteiger charge is -2.16.